The van der Waals surface area contributed by atoms with E-state index in [0.717, 1.165) is 36.4 Å². The third-order valence-electron chi connectivity index (χ3n) is 3.12. The second kappa shape index (κ2) is 6.36. The van der Waals surface area contributed by atoms with E-state index in [1.54, 1.807) is 6.07 Å². The highest BCUT2D eigenvalue weighted by Crippen LogP contribution is 2.24. The van der Waals surface area contributed by atoms with E-state index in [2.05, 4.69) is 21.2 Å². The molecule has 1 atom stereocenters. The number of nitrogens with two attached hydrogens (primary N) is 1. The molecule has 1 saturated heterocycles. The summed E-state index contributed by atoms with van der Waals surface area (Å²) in [7, 11) is 1.94. The highest BCUT2D eigenvalue weighted by Gasteiger charge is 2.18. The largest absolute Gasteiger partial charge is 0.374 e. The van der Waals surface area contributed by atoms with Crippen LogP contribution >= 0.6 is 15.9 Å². The maximum atomic E-state index is 11.5. The highest BCUT2D eigenvalue weighted by atomic mass is 79.9. The number of nitrogens with zero attached hydrogens (tertiary/aromatic N) is 1. The minimum atomic E-state index is -0.425. The molecule has 0 radical (unpaired) electrons. The number of morpholine rings is 1. The average molecular weight is 328 g/mol. The second-order valence-corrected chi connectivity index (χ2v) is 5.52. The van der Waals surface area contributed by atoms with Crippen molar-refractivity contribution in [3.05, 3.63) is 28.2 Å². The van der Waals surface area contributed by atoms with Crippen LogP contribution in [0.1, 0.15) is 10.4 Å². The fourth-order valence-electron chi connectivity index (χ4n) is 2.18. The van der Waals surface area contributed by atoms with Gasteiger partial charge in [0.05, 0.1) is 18.3 Å². The molecule has 1 unspecified atom stereocenters. The molecule has 1 heterocycles. The normalized spacial score (nSPS) is 19.2. The van der Waals surface area contributed by atoms with Gasteiger partial charge in [0.2, 0.25) is 0 Å². The van der Waals surface area contributed by atoms with Crippen molar-refractivity contribution in [2.24, 2.45) is 5.73 Å². The molecule has 104 valence electrons. The van der Waals surface area contributed by atoms with Crippen LogP contribution in [0.4, 0.5) is 5.69 Å². The number of hydrogen-bond donors (Lipinski definition) is 2. The zero-order valence-corrected chi connectivity index (χ0v) is 12.4. The molecule has 1 amide bonds. The first-order valence-corrected chi connectivity index (χ1v) is 7.00. The molecule has 3 N–H and O–H groups in total. The number of benzene rings is 1. The molecule has 0 bridgehead atoms. The van der Waals surface area contributed by atoms with Crippen molar-refractivity contribution >= 4 is 27.5 Å². The number of carbonyl (C=O) groups is 1. The summed E-state index contributed by atoms with van der Waals surface area (Å²) >= 11 is 3.35. The first-order valence-electron chi connectivity index (χ1n) is 6.20. The molecule has 1 fully saturated rings. The standard InChI is InChI=1S/C13H18BrN3O2/c1-17(8-10-7-16-4-5-19-10)12-3-2-9(14)6-11(12)13(15)18/h2-3,6,10,16H,4-5,7-8H2,1H3,(H2,15,18). The summed E-state index contributed by atoms with van der Waals surface area (Å²) in [6.45, 7) is 3.16. The number of ether oxygens (including phenoxy) is 1. The van der Waals surface area contributed by atoms with E-state index in [4.69, 9.17) is 10.5 Å². The SMILES string of the molecule is CN(CC1CNCCO1)c1ccc(Br)cc1C(N)=O. The minimum Gasteiger partial charge on any atom is -0.374 e. The molecule has 0 spiro atoms. The monoisotopic (exact) mass is 327 g/mol. The molecule has 1 aromatic carbocycles. The minimum absolute atomic E-state index is 0.128. The van der Waals surface area contributed by atoms with Gasteiger partial charge in [-0.25, -0.2) is 0 Å². The van der Waals surface area contributed by atoms with E-state index in [-0.39, 0.29) is 6.10 Å². The Kier molecular flexibility index (Phi) is 4.79. The molecule has 6 heteroatoms. The fraction of sp³-hybridized carbons (Fsp3) is 0.462. The van der Waals surface area contributed by atoms with Gasteiger partial charge in [0.25, 0.3) is 5.91 Å². The van der Waals surface area contributed by atoms with Crippen molar-refractivity contribution in [3.63, 3.8) is 0 Å². The van der Waals surface area contributed by atoms with Crippen LogP contribution in [0.2, 0.25) is 0 Å². The lowest BCUT2D eigenvalue weighted by molar-refractivity contribution is 0.0340. The number of halogens is 1. The lowest BCUT2D eigenvalue weighted by Gasteiger charge is -2.30. The molecule has 19 heavy (non-hydrogen) atoms. The molecule has 0 saturated carbocycles. The van der Waals surface area contributed by atoms with Crippen molar-refractivity contribution in [2.75, 3.05) is 38.2 Å². The second-order valence-electron chi connectivity index (χ2n) is 4.60. The molecule has 2 rings (SSSR count). The Morgan fingerprint density at radius 1 is 1.63 bits per heavy atom. The predicted molar refractivity (Wildman–Crippen MR) is 78.5 cm³/mol. The molecular weight excluding hydrogens is 310 g/mol. The molecular formula is C13H18BrN3O2. The van der Waals surface area contributed by atoms with Gasteiger partial charge in [0.15, 0.2) is 0 Å². The Hall–Kier alpha value is -1.11. The Bertz CT molecular complexity index is 461. The van der Waals surface area contributed by atoms with Gasteiger partial charge in [-0.05, 0) is 18.2 Å². The van der Waals surface area contributed by atoms with Gasteiger partial charge in [-0.1, -0.05) is 15.9 Å². The van der Waals surface area contributed by atoms with Gasteiger partial charge in [-0.3, -0.25) is 4.79 Å². The number of anilines is 1. The zero-order chi connectivity index (χ0) is 13.8. The van der Waals surface area contributed by atoms with Crippen molar-refractivity contribution < 1.29 is 9.53 Å². The summed E-state index contributed by atoms with van der Waals surface area (Å²) in [6, 6.07) is 5.53. The Labute approximate surface area is 121 Å². The Morgan fingerprint density at radius 2 is 2.42 bits per heavy atom. The first-order chi connectivity index (χ1) is 9.08. The Balaban J connectivity index is 2.13. The van der Waals surface area contributed by atoms with Crippen molar-refractivity contribution in [2.45, 2.75) is 6.10 Å². The number of rotatable bonds is 4. The van der Waals surface area contributed by atoms with Gasteiger partial charge in [0, 0.05) is 36.8 Å². The molecule has 1 aliphatic rings. The van der Waals surface area contributed by atoms with Crippen LogP contribution in [0.3, 0.4) is 0 Å². The predicted octanol–water partition coefficient (Wildman–Crippen LogP) is 0.973. The van der Waals surface area contributed by atoms with Gasteiger partial charge < -0.3 is 20.7 Å². The van der Waals surface area contributed by atoms with Gasteiger partial charge in [-0.15, -0.1) is 0 Å². The topological polar surface area (TPSA) is 67.6 Å². The molecule has 1 aliphatic heterocycles. The molecule has 0 aliphatic carbocycles. The zero-order valence-electron chi connectivity index (χ0n) is 10.9. The van der Waals surface area contributed by atoms with Crippen LogP contribution in [0.15, 0.2) is 22.7 Å². The molecule has 1 aromatic rings. The number of hydrogen-bond acceptors (Lipinski definition) is 4. The summed E-state index contributed by atoms with van der Waals surface area (Å²) in [5, 5.41) is 3.29. The third kappa shape index (κ3) is 3.68. The molecule has 0 aromatic heterocycles. The van der Waals surface area contributed by atoms with E-state index < -0.39 is 5.91 Å². The number of carbonyl (C=O) groups excluding carboxylic acids is 1. The number of primary amides is 1. The van der Waals surface area contributed by atoms with Crippen molar-refractivity contribution in [1.82, 2.24) is 5.32 Å². The Morgan fingerprint density at radius 3 is 3.05 bits per heavy atom. The average Bonchev–Trinajstić information content (AvgIpc) is 2.39. The number of likely N-dealkylation sites (N-methyl/N-ethyl adjacent to an activating group) is 1. The van der Waals surface area contributed by atoms with E-state index >= 15 is 0 Å². The number of nitrogens with one attached hydrogen (secondary N) is 1. The van der Waals surface area contributed by atoms with Gasteiger partial charge in [-0.2, -0.15) is 0 Å². The van der Waals surface area contributed by atoms with Gasteiger partial charge in [0.1, 0.15) is 0 Å². The fourth-order valence-corrected chi connectivity index (χ4v) is 2.54. The van der Waals surface area contributed by atoms with Crippen LogP contribution in [0, 0.1) is 0 Å². The van der Waals surface area contributed by atoms with Crippen LogP contribution < -0.4 is 16.0 Å². The van der Waals surface area contributed by atoms with Crippen LogP contribution in [-0.2, 0) is 4.74 Å². The first kappa shape index (κ1) is 14.3. The summed E-state index contributed by atoms with van der Waals surface area (Å²) in [5.74, 6) is -0.425. The van der Waals surface area contributed by atoms with E-state index in [9.17, 15) is 4.79 Å². The highest BCUT2D eigenvalue weighted by molar-refractivity contribution is 9.10. The van der Waals surface area contributed by atoms with E-state index in [0.29, 0.717) is 5.56 Å². The summed E-state index contributed by atoms with van der Waals surface area (Å²) in [5.41, 5.74) is 6.76. The van der Waals surface area contributed by atoms with Crippen LogP contribution in [-0.4, -0.2) is 45.3 Å². The van der Waals surface area contributed by atoms with Crippen LogP contribution in [0.25, 0.3) is 0 Å². The lowest BCUT2D eigenvalue weighted by Crippen LogP contribution is -2.44. The van der Waals surface area contributed by atoms with E-state index in [1.807, 2.05) is 24.1 Å². The maximum Gasteiger partial charge on any atom is 0.250 e. The smallest absolute Gasteiger partial charge is 0.250 e. The van der Waals surface area contributed by atoms with E-state index in [1.165, 1.54) is 0 Å². The summed E-state index contributed by atoms with van der Waals surface area (Å²) in [4.78, 5) is 13.5. The third-order valence-corrected chi connectivity index (χ3v) is 3.61. The quantitative estimate of drug-likeness (QED) is 0.864. The lowest BCUT2D eigenvalue weighted by atomic mass is 10.1. The van der Waals surface area contributed by atoms with Crippen molar-refractivity contribution in [1.29, 1.82) is 0 Å². The molecule has 5 nitrogen and oxygen atoms in total. The number of amides is 1. The summed E-state index contributed by atoms with van der Waals surface area (Å²) < 4.78 is 6.51. The van der Waals surface area contributed by atoms with Crippen LogP contribution in [0.5, 0.6) is 0 Å². The summed E-state index contributed by atoms with van der Waals surface area (Å²) in [6.07, 6.45) is 0.128. The van der Waals surface area contributed by atoms with Crippen molar-refractivity contribution in [3.8, 4) is 0 Å². The van der Waals surface area contributed by atoms with Gasteiger partial charge >= 0.3 is 0 Å². The maximum absolute atomic E-state index is 11.5.